The van der Waals surface area contributed by atoms with Crippen molar-refractivity contribution < 1.29 is 4.79 Å². The molecule has 94 valence electrons. The third-order valence-electron chi connectivity index (χ3n) is 2.67. The van der Waals surface area contributed by atoms with Crippen molar-refractivity contribution in [1.82, 2.24) is 5.32 Å². The first-order valence-electron chi connectivity index (χ1n) is 5.25. The lowest BCUT2D eigenvalue weighted by Gasteiger charge is -2.27. The van der Waals surface area contributed by atoms with Gasteiger partial charge in [0.15, 0.2) is 0 Å². The molecule has 1 N–H and O–H groups in total. The van der Waals surface area contributed by atoms with Crippen LogP contribution in [0.4, 0.5) is 0 Å². The average molecular weight is 431 g/mol. The molecular formula is C12H14BrClINO. The molecule has 0 heterocycles. The summed E-state index contributed by atoms with van der Waals surface area (Å²) in [4.78, 5) is 12.0. The first kappa shape index (κ1) is 15.2. The normalized spacial score (nSPS) is 14.2. The Morgan fingerprint density at radius 1 is 1.59 bits per heavy atom. The van der Waals surface area contributed by atoms with Crippen LogP contribution in [0.15, 0.2) is 18.2 Å². The van der Waals surface area contributed by atoms with E-state index in [4.69, 9.17) is 11.6 Å². The largest absolute Gasteiger partial charge is 0.346 e. The molecule has 1 unspecified atom stereocenters. The van der Waals surface area contributed by atoms with E-state index in [-0.39, 0.29) is 11.4 Å². The van der Waals surface area contributed by atoms with Crippen LogP contribution >= 0.6 is 50.1 Å². The molecule has 0 aliphatic heterocycles. The van der Waals surface area contributed by atoms with E-state index in [1.807, 2.05) is 19.9 Å². The van der Waals surface area contributed by atoms with Gasteiger partial charge in [0, 0.05) is 20.0 Å². The van der Waals surface area contributed by atoms with Crippen molar-refractivity contribution in [2.45, 2.75) is 25.8 Å². The fourth-order valence-corrected chi connectivity index (χ4v) is 2.25. The Bertz CT molecular complexity index is 421. The van der Waals surface area contributed by atoms with Crippen LogP contribution in [0.25, 0.3) is 0 Å². The molecule has 0 aromatic heterocycles. The number of halogens is 3. The molecule has 1 atom stereocenters. The van der Waals surface area contributed by atoms with E-state index in [9.17, 15) is 4.79 Å². The number of nitrogens with one attached hydrogen (secondary N) is 1. The SMILES string of the molecule is CCC(C)(CBr)NC(=O)c1ccc(I)c(Cl)c1. The smallest absolute Gasteiger partial charge is 0.251 e. The first-order valence-corrected chi connectivity index (χ1v) is 7.83. The van der Waals surface area contributed by atoms with Crippen LogP contribution in [0.1, 0.15) is 30.6 Å². The molecular weight excluding hydrogens is 416 g/mol. The monoisotopic (exact) mass is 429 g/mol. The molecule has 0 spiro atoms. The summed E-state index contributed by atoms with van der Waals surface area (Å²) < 4.78 is 0.944. The lowest BCUT2D eigenvalue weighted by atomic mass is 10.0. The minimum atomic E-state index is -0.230. The summed E-state index contributed by atoms with van der Waals surface area (Å²) in [5.41, 5.74) is 0.364. The standard InChI is InChI=1S/C12H14BrClINO/c1-3-12(2,7-13)16-11(17)8-4-5-10(15)9(14)6-8/h4-6H,3,7H2,1-2H3,(H,16,17). The van der Waals surface area contributed by atoms with Crippen LogP contribution in [0.5, 0.6) is 0 Å². The number of rotatable bonds is 4. The van der Waals surface area contributed by atoms with Gasteiger partial charge in [0.25, 0.3) is 5.91 Å². The van der Waals surface area contributed by atoms with Crippen molar-refractivity contribution in [2.24, 2.45) is 0 Å². The maximum atomic E-state index is 12.0. The van der Waals surface area contributed by atoms with Gasteiger partial charge in [-0.2, -0.15) is 0 Å². The van der Waals surface area contributed by atoms with Gasteiger partial charge >= 0.3 is 0 Å². The topological polar surface area (TPSA) is 29.1 Å². The van der Waals surface area contributed by atoms with Crippen molar-refractivity contribution in [3.63, 3.8) is 0 Å². The fraction of sp³-hybridized carbons (Fsp3) is 0.417. The summed E-state index contributed by atoms with van der Waals surface area (Å²) in [6.07, 6.45) is 0.863. The predicted octanol–water partition coefficient (Wildman–Crippen LogP) is 4.24. The van der Waals surface area contributed by atoms with Gasteiger partial charge < -0.3 is 5.32 Å². The van der Waals surface area contributed by atoms with Gasteiger partial charge in [0.05, 0.1) is 5.02 Å². The van der Waals surface area contributed by atoms with Crippen molar-refractivity contribution in [3.05, 3.63) is 32.4 Å². The Balaban J connectivity index is 2.86. The molecule has 0 saturated heterocycles. The van der Waals surface area contributed by atoms with E-state index in [0.717, 1.165) is 15.3 Å². The van der Waals surface area contributed by atoms with Crippen molar-refractivity contribution in [1.29, 1.82) is 0 Å². The average Bonchev–Trinajstić information content (AvgIpc) is 2.32. The Kier molecular flexibility index (Phi) is 5.73. The predicted molar refractivity (Wildman–Crippen MR) is 84.1 cm³/mol. The molecule has 0 saturated carbocycles. The Labute approximate surface area is 129 Å². The fourth-order valence-electron chi connectivity index (χ4n) is 1.20. The number of alkyl halides is 1. The van der Waals surface area contributed by atoms with Gasteiger partial charge in [-0.1, -0.05) is 34.5 Å². The molecule has 0 fully saturated rings. The van der Waals surface area contributed by atoms with Crippen molar-refractivity contribution in [2.75, 3.05) is 5.33 Å². The minimum Gasteiger partial charge on any atom is -0.346 e. The van der Waals surface area contributed by atoms with Crippen molar-refractivity contribution >= 4 is 56.0 Å². The van der Waals surface area contributed by atoms with Crippen LogP contribution in [-0.4, -0.2) is 16.8 Å². The Hall–Kier alpha value is 0.190. The van der Waals surface area contributed by atoms with Crippen molar-refractivity contribution in [3.8, 4) is 0 Å². The van der Waals surface area contributed by atoms with Crippen LogP contribution in [-0.2, 0) is 0 Å². The third-order valence-corrected chi connectivity index (χ3v) is 5.48. The van der Waals surface area contributed by atoms with E-state index in [1.54, 1.807) is 12.1 Å². The van der Waals surface area contributed by atoms with Gasteiger partial charge in [0.2, 0.25) is 0 Å². The highest BCUT2D eigenvalue weighted by Gasteiger charge is 2.23. The summed E-state index contributed by atoms with van der Waals surface area (Å²) in [6, 6.07) is 5.32. The van der Waals surface area contributed by atoms with Gasteiger partial charge in [-0.3, -0.25) is 4.79 Å². The highest BCUT2D eigenvalue weighted by molar-refractivity contribution is 14.1. The molecule has 0 aliphatic rings. The van der Waals surface area contributed by atoms with Crippen LogP contribution in [0, 0.1) is 3.57 Å². The van der Waals surface area contributed by atoms with E-state index >= 15 is 0 Å². The highest BCUT2D eigenvalue weighted by Crippen LogP contribution is 2.20. The zero-order valence-corrected chi connectivity index (χ0v) is 14.2. The molecule has 17 heavy (non-hydrogen) atoms. The maximum Gasteiger partial charge on any atom is 0.251 e. The lowest BCUT2D eigenvalue weighted by molar-refractivity contribution is 0.0913. The van der Waals surface area contributed by atoms with Crippen LogP contribution < -0.4 is 5.32 Å². The van der Waals surface area contributed by atoms with Gasteiger partial charge in [-0.05, 0) is 54.1 Å². The van der Waals surface area contributed by atoms with Gasteiger partial charge in [-0.15, -0.1) is 0 Å². The summed E-state index contributed by atoms with van der Waals surface area (Å²) in [6.45, 7) is 4.05. The number of amides is 1. The number of hydrogen-bond acceptors (Lipinski definition) is 1. The maximum absolute atomic E-state index is 12.0. The van der Waals surface area contributed by atoms with E-state index < -0.39 is 0 Å². The summed E-state index contributed by atoms with van der Waals surface area (Å²) in [7, 11) is 0. The zero-order valence-electron chi connectivity index (χ0n) is 9.69. The number of carbonyl (C=O) groups is 1. The quantitative estimate of drug-likeness (QED) is 0.562. The molecule has 1 aromatic carbocycles. The van der Waals surface area contributed by atoms with Crippen LogP contribution in [0.3, 0.4) is 0 Å². The summed E-state index contributed by atoms with van der Waals surface area (Å²) in [5.74, 6) is -0.0906. The molecule has 0 bridgehead atoms. The molecule has 0 radical (unpaired) electrons. The van der Waals surface area contributed by atoms with E-state index in [2.05, 4.69) is 43.8 Å². The van der Waals surface area contributed by atoms with Crippen LogP contribution in [0.2, 0.25) is 5.02 Å². The van der Waals surface area contributed by atoms with E-state index in [0.29, 0.717) is 10.6 Å². The number of hydrogen-bond donors (Lipinski definition) is 1. The molecule has 5 heteroatoms. The Morgan fingerprint density at radius 2 is 2.24 bits per heavy atom. The minimum absolute atomic E-state index is 0.0906. The molecule has 1 amide bonds. The number of benzene rings is 1. The molecule has 0 aliphatic carbocycles. The first-order chi connectivity index (χ1) is 7.91. The molecule has 1 aromatic rings. The van der Waals surface area contributed by atoms with Gasteiger partial charge in [-0.25, -0.2) is 0 Å². The second-order valence-electron chi connectivity index (χ2n) is 4.13. The Morgan fingerprint density at radius 3 is 2.71 bits per heavy atom. The highest BCUT2D eigenvalue weighted by atomic mass is 127. The number of carbonyl (C=O) groups excluding carboxylic acids is 1. The lowest BCUT2D eigenvalue weighted by Crippen LogP contribution is -2.46. The van der Waals surface area contributed by atoms with E-state index in [1.165, 1.54) is 0 Å². The zero-order chi connectivity index (χ0) is 13.1. The van der Waals surface area contributed by atoms with Gasteiger partial charge in [0.1, 0.15) is 0 Å². The summed E-state index contributed by atoms with van der Waals surface area (Å²) >= 11 is 11.6. The summed E-state index contributed by atoms with van der Waals surface area (Å²) in [5, 5.41) is 4.34. The molecule has 1 rings (SSSR count). The molecule has 2 nitrogen and oxygen atoms in total. The second-order valence-corrected chi connectivity index (χ2v) is 6.26. The third kappa shape index (κ3) is 4.10. The second kappa shape index (κ2) is 6.38.